The number of hydrogen-bond donors (Lipinski definition) is 1. The van der Waals surface area contributed by atoms with Crippen molar-refractivity contribution in [2.24, 2.45) is 11.7 Å². The van der Waals surface area contributed by atoms with E-state index in [-0.39, 0.29) is 11.6 Å². The summed E-state index contributed by atoms with van der Waals surface area (Å²) in [5, 5.41) is 0. The summed E-state index contributed by atoms with van der Waals surface area (Å²) >= 11 is 0. The largest absolute Gasteiger partial charge is 0.450 e. The van der Waals surface area contributed by atoms with Crippen molar-refractivity contribution in [2.45, 2.75) is 58.4 Å². The van der Waals surface area contributed by atoms with Gasteiger partial charge in [0.1, 0.15) is 0 Å². The van der Waals surface area contributed by atoms with Gasteiger partial charge in [0, 0.05) is 13.1 Å². The molecule has 0 saturated heterocycles. The van der Waals surface area contributed by atoms with Crippen LogP contribution in [0, 0.1) is 5.92 Å². The monoisotopic (exact) mass is 256 g/mol. The number of carbonyl (C=O) groups is 1. The van der Waals surface area contributed by atoms with Gasteiger partial charge in [-0.25, -0.2) is 4.79 Å². The number of ether oxygens (including phenoxy) is 1. The first-order valence-corrected chi connectivity index (χ1v) is 7.28. The molecule has 1 amide bonds. The summed E-state index contributed by atoms with van der Waals surface area (Å²) in [6, 6.07) is 0. The van der Waals surface area contributed by atoms with E-state index in [1.165, 1.54) is 19.3 Å². The molecule has 0 aromatic heterocycles. The summed E-state index contributed by atoms with van der Waals surface area (Å²) in [6.07, 6.45) is 5.38. The molecule has 0 bridgehead atoms. The maximum atomic E-state index is 12.0. The average Bonchev–Trinajstić information content (AvgIpc) is 2.40. The second-order valence-electron chi connectivity index (χ2n) is 5.22. The van der Waals surface area contributed by atoms with Crippen LogP contribution in [-0.2, 0) is 4.74 Å². The van der Waals surface area contributed by atoms with Gasteiger partial charge in [0.15, 0.2) is 0 Å². The number of amides is 1. The molecule has 1 saturated carbocycles. The van der Waals surface area contributed by atoms with E-state index in [1.54, 1.807) is 0 Å². The van der Waals surface area contributed by atoms with Crippen LogP contribution in [0.4, 0.5) is 4.79 Å². The maximum absolute atomic E-state index is 12.0. The van der Waals surface area contributed by atoms with Gasteiger partial charge in [-0.05, 0) is 45.4 Å². The third kappa shape index (κ3) is 3.16. The number of rotatable bonds is 5. The summed E-state index contributed by atoms with van der Waals surface area (Å²) in [5.74, 6) is 0.797. The third-order valence-electron chi connectivity index (χ3n) is 4.37. The Balaban J connectivity index is 2.76. The Morgan fingerprint density at radius 2 is 1.94 bits per heavy atom. The molecular formula is C14H28N2O2. The molecule has 0 spiro atoms. The second kappa shape index (κ2) is 6.98. The smallest absolute Gasteiger partial charge is 0.410 e. The highest BCUT2D eigenvalue weighted by Crippen LogP contribution is 2.37. The molecule has 0 aromatic carbocycles. The fraction of sp³-hybridized carbons (Fsp3) is 0.929. The molecule has 0 unspecified atom stereocenters. The van der Waals surface area contributed by atoms with Crippen LogP contribution in [-0.4, -0.2) is 36.2 Å². The molecule has 1 fully saturated rings. The van der Waals surface area contributed by atoms with E-state index in [1.807, 2.05) is 18.7 Å². The summed E-state index contributed by atoms with van der Waals surface area (Å²) in [6.45, 7) is 7.72. The van der Waals surface area contributed by atoms with Crippen LogP contribution < -0.4 is 5.73 Å². The Morgan fingerprint density at radius 3 is 2.33 bits per heavy atom. The van der Waals surface area contributed by atoms with Crippen LogP contribution in [0.3, 0.4) is 0 Å². The van der Waals surface area contributed by atoms with Crippen molar-refractivity contribution >= 4 is 6.09 Å². The molecule has 0 heterocycles. The summed E-state index contributed by atoms with van der Waals surface area (Å²) in [7, 11) is 0. The second-order valence-corrected chi connectivity index (χ2v) is 5.22. The van der Waals surface area contributed by atoms with Gasteiger partial charge in [-0.1, -0.05) is 13.3 Å². The quantitative estimate of drug-likeness (QED) is 0.823. The van der Waals surface area contributed by atoms with E-state index in [0.717, 1.165) is 18.8 Å². The molecule has 1 aliphatic carbocycles. The van der Waals surface area contributed by atoms with Crippen LogP contribution in [0.2, 0.25) is 0 Å². The lowest BCUT2D eigenvalue weighted by atomic mass is 9.74. The molecule has 1 aliphatic rings. The summed E-state index contributed by atoms with van der Waals surface area (Å²) < 4.78 is 5.16. The van der Waals surface area contributed by atoms with Gasteiger partial charge in [-0.3, -0.25) is 0 Å². The average molecular weight is 256 g/mol. The lowest BCUT2D eigenvalue weighted by Gasteiger charge is -2.46. The molecule has 0 aliphatic heterocycles. The Bertz CT molecular complexity index is 261. The highest BCUT2D eigenvalue weighted by atomic mass is 16.6. The van der Waals surface area contributed by atoms with Crippen molar-refractivity contribution < 1.29 is 9.53 Å². The van der Waals surface area contributed by atoms with E-state index < -0.39 is 0 Å². The molecule has 106 valence electrons. The van der Waals surface area contributed by atoms with Crippen molar-refractivity contribution in [3.63, 3.8) is 0 Å². The zero-order valence-corrected chi connectivity index (χ0v) is 12.1. The lowest BCUT2D eigenvalue weighted by molar-refractivity contribution is 0.0298. The predicted molar refractivity (Wildman–Crippen MR) is 73.4 cm³/mol. The fourth-order valence-corrected chi connectivity index (χ4v) is 3.07. The van der Waals surface area contributed by atoms with Crippen molar-refractivity contribution in [3.8, 4) is 0 Å². The topological polar surface area (TPSA) is 55.6 Å². The van der Waals surface area contributed by atoms with Crippen LogP contribution in [0.1, 0.15) is 52.9 Å². The normalized spacial score (nSPS) is 27.9. The van der Waals surface area contributed by atoms with Gasteiger partial charge in [0.2, 0.25) is 0 Å². The van der Waals surface area contributed by atoms with Crippen molar-refractivity contribution in [2.75, 3.05) is 19.7 Å². The van der Waals surface area contributed by atoms with Crippen LogP contribution in [0.15, 0.2) is 0 Å². The van der Waals surface area contributed by atoms with E-state index >= 15 is 0 Å². The first-order valence-electron chi connectivity index (χ1n) is 7.28. The molecule has 0 atom stereocenters. The number of likely N-dealkylation sites (N-methyl/N-ethyl adjacent to an activating group) is 1. The van der Waals surface area contributed by atoms with E-state index in [9.17, 15) is 4.79 Å². The molecule has 1 rings (SSSR count). The Morgan fingerprint density at radius 1 is 1.33 bits per heavy atom. The summed E-state index contributed by atoms with van der Waals surface area (Å²) in [5.41, 5.74) is 5.81. The van der Waals surface area contributed by atoms with Crippen molar-refractivity contribution in [1.82, 2.24) is 4.90 Å². The first kappa shape index (κ1) is 15.3. The number of carbonyl (C=O) groups excluding carboxylic acids is 1. The molecular weight excluding hydrogens is 228 g/mol. The molecule has 18 heavy (non-hydrogen) atoms. The van der Waals surface area contributed by atoms with Crippen molar-refractivity contribution in [3.05, 3.63) is 0 Å². The SMILES string of the molecule is CCOC(=O)N(CC)C1(CN)CCC(CC)CC1. The number of hydrogen-bond acceptors (Lipinski definition) is 3. The fourth-order valence-electron chi connectivity index (χ4n) is 3.07. The Kier molecular flexibility index (Phi) is 5.93. The van der Waals surface area contributed by atoms with Gasteiger partial charge in [-0.2, -0.15) is 0 Å². The van der Waals surface area contributed by atoms with Gasteiger partial charge < -0.3 is 15.4 Å². The molecule has 0 aromatic rings. The first-order chi connectivity index (χ1) is 8.63. The van der Waals surface area contributed by atoms with Gasteiger partial charge in [0.25, 0.3) is 0 Å². The molecule has 0 radical (unpaired) electrons. The zero-order chi connectivity index (χ0) is 13.6. The van der Waals surface area contributed by atoms with E-state index in [2.05, 4.69) is 6.92 Å². The molecule has 4 heteroatoms. The minimum atomic E-state index is -0.208. The van der Waals surface area contributed by atoms with Crippen molar-refractivity contribution in [1.29, 1.82) is 0 Å². The van der Waals surface area contributed by atoms with E-state index in [0.29, 0.717) is 19.7 Å². The maximum Gasteiger partial charge on any atom is 0.410 e. The number of nitrogens with two attached hydrogens (primary N) is 1. The zero-order valence-electron chi connectivity index (χ0n) is 12.1. The van der Waals surface area contributed by atoms with Crippen LogP contribution in [0.5, 0.6) is 0 Å². The Labute approximate surface area is 111 Å². The third-order valence-corrected chi connectivity index (χ3v) is 4.37. The van der Waals surface area contributed by atoms with Crippen LogP contribution in [0.25, 0.3) is 0 Å². The number of nitrogens with zero attached hydrogens (tertiary/aromatic N) is 1. The van der Waals surface area contributed by atoms with E-state index in [4.69, 9.17) is 10.5 Å². The minimum absolute atomic E-state index is 0.174. The Hall–Kier alpha value is -0.770. The summed E-state index contributed by atoms with van der Waals surface area (Å²) in [4.78, 5) is 13.9. The molecule has 2 N–H and O–H groups in total. The molecule has 4 nitrogen and oxygen atoms in total. The lowest BCUT2D eigenvalue weighted by Crippen LogP contribution is -2.58. The minimum Gasteiger partial charge on any atom is -0.450 e. The predicted octanol–water partition coefficient (Wildman–Crippen LogP) is 2.76. The highest BCUT2D eigenvalue weighted by Gasteiger charge is 2.41. The highest BCUT2D eigenvalue weighted by molar-refractivity contribution is 5.68. The van der Waals surface area contributed by atoms with Gasteiger partial charge in [0.05, 0.1) is 12.1 Å². The van der Waals surface area contributed by atoms with Gasteiger partial charge >= 0.3 is 6.09 Å². The van der Waals surface area contributed by atoms with Gasteiger partial charge in [-0.15, -0.1) is 0 Å². The standard InChI is InChI=1S/C14H28N2O2/c1-4-12-7-9-14(11-15,10-8-12)16(5-2)13(17)18-6-3/h12H,4-11,15H2,1-3H3. The van der Waals surface area contributed by atoms with Crippen LogP contribution >= 0.6 is 0 Å².